The molecular formula is C19H28O2. The van der Waals surface area contributed by atoms with Crippen LogP contribution in [0, 0.1) is 5.92 Å². The Morgan fingerprint density at radius 3 is 2.24 bits per heavy atom. The molecule has 2 rings (SSSR count). The van der Waals surface area contributed by atoms with Gasteiger partial charge in [-0.05, 0) is 35.3 Å². The average Bonchev–Trinajstić information content (AvgIpc) is 2.47. The summed E-state index contributed by atoms with van der Waals surface area (Å²) in [5, 5.41) is 10.2. The third kappa shape index (κ3) is 4.41. The van der Waals surface area contributed by atoms with Crippen LogP contribution in [0.2, 0.25) is 0 Å². The average molecular weight is 288 g/mol. The number of aliphatic hydroxyl groups is 1. The molecule has 1 aromatic rings. The van der Waals surface area contributed by atoms with Gasteiger partial charge in [0, 0.05) is 6.42 Å². The van der Waals surface area contributed by atoms with Crippen LogP contribution >= 0.6 is 0 Å². The normalized spacial score (nSPS) is 18.5. The zero-order valence-electron chi connectivity index (χ0n) is 13.6. The molecular weight excluding hydrogens is 260 g/mol. The highest BCUT2D eigenvalue weighted by atomic mass is 16.3. The van der Waals surface area contributed by atoms with Crippen LogP contribution in [-0.2, 0) is 16.6 Å². The monoisotopic (exact) mass is 288 g/mol. The van der Waals surface area contributed by atoms with E-state index in [-0.39, 0.29) is 17.1 Å². The summed E-state index contributed by atoms with van der Waals surface area (Å²) in [4.78, 5) is 12.2. The van der Waals surface area contributed by atoms with E-state index < -0.39 is 6.10 Å². The number of hydrogen-bond donors (Lipinski definition) is 1. The molecule has 2 nitrogen and oxygen atoms in total. The van der Waals surface area contributed by atoms with Crippen LogP contribution in [0.1, 0.15) is 64.0 Å². The fraction of sp³-hybridized carbons (Fsp3) is 0.632. The summed E-state index contributed by atoms with van der Waals surface area (Å²) < 4.78 is 0. The van der Waals surface area contributed by atoms with Gasteiger partial charge in [0.1, 0.15) is 6.10 Å². The van der Waals surface area contributed by atoms with Crippen molar-refractivity contribution in [1.82, 2.24) is 0 Å². The zero-order valence-corrected chi connectivity index (χ0v) is 13.6. The largest absolute Gasteiger partial charge is 0.385 e. The highest BCUT2D eigenvalue weighted by Gasteiger charge is 2.27. The Bertz CT molecular complexity index is 461. The molecule has 1 fully saturated rings. The predicted octanol–water partition coefficient (Wildman–Crippen LogP) is 4.04. The van der Waals surface area contributed by atoms with E-state index in [9.17, 15) is 9.90 Å². The predicted molar refractivity (Wildman–Crippen MR) is 86.4 cm³/mol. The van der Waals surface area contributed by atoms with Crippen molar-refractivity contribution in [2.24, 2.45) is 5.92 Å². The standard InChI is InChI=1S/C19H28O2/c1-19(2,3)16-11-9-14(10-12-16)13-17(20)18(21)15-7-5-4-6-8-15/h9-12,15,18,21H,4-8,13H2,1-3H3. The summed E-state index contributed by atoms with van der Waals surface area (Å²) in [6.45, 7) is 6.54. The van der Waals surface area contributed by atoms with E-state index in [1.54, 1.807) is 0 Å². The van der Waals surface area contributed by atoms with Crippen molar-refractivity contribution >= 4 is 5.78 Å². The molecule has 1 aliphatic carbocycles. The van der Waals surface area contributed by atoms with Gasteiger partial charge >= 0.3 is 0 Å². The van der Waals surface area contributed by atoms with Crippen LogP contribution in [0.15, 0.2) is 24.3 Å². The number of rotatable bonds is 4. The number of aliphatic hydroxyl groups excluding tert-OH is 1. The Labute approximate surface area is 128 Å². The van der Waals surface area contributed by atoms with Crippen molar-refractivity contribution in [2.45, 2.75) is 70.8 Å². The molecule has 1 unspecified atom stereocenters. The smallest absolute Gasteiger partial charge is 0.165 e. The van der Waals surface area contributed by atoms with Crippen LogP contribution in [-0.4, -0.2) is 17.0 Å². The number of carbonyl (C=O) groups excluding carboxylic acids is 1. The summed E-state index contributed by atoms with van der Waals surface area (Å²) in [6.07, 6.45) is 5.11. The quantitative estimate of drug-likeness (QED) is 0.908. The molecule has 0 aromatic heterocycles. The molecule has 0 bridgehead atoms. The summed E-state index contributed by atoms with van der Waals surface area (Å²) in [5.41, 5.74) is 2.40. The first-order valence-corrected chi connectivity index (χ1v) is 8.18. The van der Waals surface area contributed by atoms with Gasteiger partial charge in [0.15, 0.2) is 5.78 Å². The highest BCUT2D eigenvalue weighted by Crippen LogP contribution is 2.27. The number of carbonyl (C=O) groups is 1. The third-order valence-corrected chi connectivity index (χ3v) is 4.62. The summed E-state index contributed by atoms with van der Waals surface area (Å²) >= 11 is 0. The fourth-order valence-corrected chi connectivity index (χ4v) is 3.14. The topological polar surface area (TPSA) is 37.3 Å². The molecule has 1 N–H and O–H groups in total. The van der Waals surface area contributed by atoms with Gasteiger partial charge in [-0.15, -0.1) is 0 Å². The minimum atomic E-state index is -0.771. The Balaban J connectivity index is 1.95. The Hall–Kier alpha value is -1.15. The Morgan fingerprint density at radius 1 is 1.14 bits per heavy atom. The second-order valence-electron chi connectivity index (χ2n) is 7.43. The second-order valence-corrected chi connectivity index (χ2v) is 7.43. The highest BCUT2D eigenvalue weighted by molar-refractivity contribution is 5.85. The van der Waals surface area contributed by atoms with Crippen molar-refractivity contribution < 1.29 is 9.90 Å². The van der Waals surface area contributed by atoms with Crippen molar-refractivity contribution in [3.05, 3.63) is 35.4 Å². The van der Waals surface area contributed by atoms with Gasteiger partial charge in [0.2, 0.25) is 0 Å². The Kier molecular flexibility index (Phi) is 5.21. The molecule has 0 saturated heterocycles. The maximum Gasteiger partial charge on any atom is 0.165 e. The van der Waals surface area contributed by atoms with Crippen LogP contribution in [0.3, 0.4) is 0 Å². The van der Waals surface area contributed by atoms with Crippen molar-refractivity contribution in [3.63, 3.8) is 0 Å². The van der Waals surface area contributed by atoms with Crippen LogP contribution < -0.4 is 0 Å². The first-order chi connectivity index (χ1) is 9.88. The summed E-state index contributed by atoms with van der Waals surface area (Å²) in [7, 11) is 0. The van der Waals surface area contributed by atoms with Gasteiger partial charge in [-0.3, -0.25) is 4.79 Å². The SMILES string of the molecule is CC(C)(C)c1ccc(CC(=O)C(O)C2CCCCC2)cc1. The van der Waals surface area contributed by atoms with Gasteiger partial charge in [0.25, 0.3) is 0 Å². The summed E-state index contributed by atoms with van der Waals surface area (Å²) in [6, 6.07) is 8.23. The van der Waals surface area contributed by atoms with Gasteiger partial charge in [0.05, 0.1) is 0 Å². The molecule has 1 aliphatic rings. The molecule has 1 aromatic carbocycles. The van der Waals surface area contributed by atoms with Gasteiger partial charge in [-0.25, -0.2) is 0 Å². The second kappa shape index (κ2) is 6.74. The van der Waals surface area contributed by atoms with Gasteiger partial charge in [-0.2, -0.15) is 0 Å². The number of ketones is 1. The van der Waals surface area contributed by atoms with Crippen molar-refractivity contribution in [2.75, 3.05) is 0 Å². The van der Waals surface area contributed by atoms with Gasteiger partial charge < -0.3 is 5.11 Å². The molecule has 1 atom stereocenters. The third-order valence-electron chi connectivity index (χ3n) is 4.62. The minimum absolute atomic E-state index is 0.0228. The molecule has 0 heterocycles. The van der Waals surface area contributed by atoms with Crippen LogP contribution in [0.25, 0.3) is 0 Å². The zero-order chi connectivity index (χ0) is 15.5. The molecule has 0 spiro atoms. The lowest BCUT2D eigenvalue weighted by atomic mass is 9.82. The maximum absolute atomic E-state index is 12.2. The molecule has 21 heavy (non-hydrogen) atoms. The fourth-order valence-electron chi connectivity index (χ4n) is 3.14. The maximum atomic E-state index is 12.2. The molecule has 0 aliphatic heterocycles. The van der Waals surface area contributed by atoms with Crippen LogP contribution in [0.5, 0.6) is 0 Å². The van der Waals surface area contributed by atoms with E-state index in [2.05, 4.69) is 32.9 Å². The number of benzene rings is 1. The molecule has 116 valence electrons. The molecule has 0 radical (unpaired) electrons. The lowest BCUT2D eigenvalue weighted by Crippen LogP contribution is -2.32. The first-order valence-electron chi connectivity index (χ1n) is 8.18. The van der Waals surface area contributed by atoms with E-state index in [4.69, 9.17) is 0 Å². The van der Waals surface area contributed by atoms with Crippen LogP contribution in [0.4, 0.5) is 0 Å². The van der Waals surface area contributed by atoms with E-state index in [1.165, 1.54) is 12.0 Å². The van der Waals surface area contributed by atoms with Gasteiger partial charge in [-0.1, -0.05) is 64.3 Å². The summed E-state index contributed by atoms with van der Waals surface area (Å²) in [5.74, 6) is 0.158. The molecule has 1 saturated carbocycles. The lowest BCUT2D eigenvalue weighted by molar-refractivity contribution is -0.129. The van der Waals surface area contributed by atoms with E-state index >= 15 is 0 Å². The van der Waals surface area contributed by atoms with E-state index in [0.29, 0.717) is 6.42 Å². The van der Waals surface area contributed by atoms with E-state index in [0.717, 1.165) is 31.2 Å². The van der Waals surface area contributed by atoms with Crippen molar-refractivity contribution in [1.29, 1.82) is 0 Å². The first kappa shape index (κ1) is 16.2. The molecule has 2 heteroatoms. The lowest BCUT2D eigenvalue weighted by Gasteiger charge is -2.25. The van der Waals surface area contributed by atoms with E-state index in [1.807, 2.05) is 12.1 Å². The molecule has 0 amide bonds. The minimum Gasteiger partial charge on any atom is -0.385 e. The number of Topliss-reactive ketones (excluding diaryl/α,β-unsaturated/α-hetero) is 1. The Morgan fingerprint density at radius 2 is 1.71 bits per heavy atom. The van der Waals surface area contributed by atoms with Crippen molar-refractivity contribution in [3.8, 4) is 0 Å². The number of hydrogen-bond acceptors (Lipinski definition) is 2.